The van der Waals surface area contributed by atoms with Crippen LogP contribution in [0.15, 0.2) is 47.3 Å². The Hall–Kier alpha value is -4.01. The topological polar surface area (TPSA) is 114 Å². The summed E-state index contributed by atoms with van der Waals surface area (Å²) in [5, 5.41) is 13.5. The Kier molecular flexibility index (Phi) is 3.87. The summed E-state index contributed by atoms with van der Waals surface area (Å²) < 4.78 is 5.18. The zero-order valence-electron chi connectivity index (χ0n) is 15.8. The normalized spacial score (nSPS) is 11.4. The van der Waals surface area contributed by atoms with E-state index in [2.05, 4.69) is 30.4 Å². The molecule has 3 heterocycles. The highest BCUT2D eigenvalue weighted by molar-refractivity contribution is 6.06. The number of H-pyrrole nitrogens is 2. The number of ether oxygens (including phenoxy) is 1. The minimum absolute atomic E-state index is 0.171. The van der Waals surface area contributed by atoms with Crippen LogP contribution in [0.1, 0.15) is 11.4 Å². The fourth-order valence-corrected chi connectivity index (χ4v) is 3.41. The van der Waals surface area contributed by atoms with E-state index in [4.69, 9.17) is 4.74 Å². The molecule has 0 radical (unpaired) electrons. The highest BCUT2D eigenvalue weighted by Crippen LogP contribution is 2.26. The molecule has 0 atom stereocenters. The number of nitrogens with one attached hydrogen (secondary N) is 2. The van der Waals surface area contributed by atoms with E-state index in [0.717, 1.165) is 27.8 Å². The van der Waals surface area contributed by atoms with Gasteiger partial charge >= 0.3 is 0 Å². The summed E-state index contributed by atoms with van der Waals surface area (Å²) in [5.41, 5.74) is 3.02. The molecule has 2 aromatic carbocycles. The third-order valence-electron chi connectivity index (χ3n) is 4.81. The number of hydrogen-bond donors (Lipinski definition) is 2. The molecule has 0 aliphatic heterocycles. The predicted molar refractivity (Wildman–Crippen MR) is 108 cm³/mol. The molecule has 5 aromatic rings. The first kappa shape index (κ1) is 17.1. The van der Waals surface area contributed by atoms with E-state index in [1.54, 1.807) is 14.2 Å². The lowest BCUT2D eigenvalue weighted by atomic mass is 10.1. The molecule has 2 N–H and O–H groups in total. The largest absolute Gasteiger partial charge is 0.497 e. The van der Waals surface area contributed by atoms with E-state index in [0.29, 0.717) is 29.1 Å². The third kappa shape index (κ3) is 3.02. The molecular formula is C20H17N7O2. The summed E-state index contributed by atoms with van der Waals surface area (Å²) in [4.78, 5) is 24.9. The lowest BCUT2D eigenvalue weighted by Gasteiger charge is -2.03. The van der Waals surface area contributed by atoms with Crippen LogP contribution in [0.3, 0.4) is 0 Å². The van der Waals surface area contributed by atoms with Gasteiger partial charge in [0.1, 0.15) is 17.2 Å². The van der Waals surface area contributed by atoms with Crippen LogP contribution in [-0.2, 0) is 13.5 Å². The lowest BCUT2D eigenvalue weighted by Crippen LogP contribution is -2.11. The smallest absolute Gasteiger partial charge is 0.261 e. The first-order chi connectivity index (χ1) is 14.1. The van der Waals surface area contributed by atoms with Gasteiger partial charge in [0.2, 0.25) is 5.82 Å². The van der Waals surface area contributed by atoms with Gasteiger partial charge in [0.15, 0.2) is 0 Å². The maximum absolute atomic E-state index is 12.7. The van der Waals surface area contributed by atoms with Crippen molar-refractivity contribution in [3.05, 3.63) is 64.2 Å². The lowest BCUT2D eigenvalue weighted by molar-refractivity contribution is 0.414. The van der Waals surface area contributed by atoms with Crippen LogP contribution in [0, 0.1) is 0 Å². The van der Waals surface area contributed by atoms with Crippen molar-refractivity contribution in [2.45, 2.75) is 6.42 Å². The second kappa shape index (κ2) is 6.55. The fraction of sp³-hybridized carbons (Fsp3) is 0.150. The Balaban J connectivity index is 1.56. The van der Waals surface area contributed by atoms with Crippen molar-refractivity contribution in [1.29, 1.82) is 0 Å². The molecule has 0 fully saturated rings. The first-order valence-electron chi connectivity index (χ1n) is 9.02. The van der Waals surface area contributed by atoms with Crippen LogP contribution in [-0.4, -0.2) is 42.3 Å². The summed E-state index contributed by atoms with van der Waals surface area (Å²) in [5.74, 6) is 1.90. The van der Waals surface area contributed by atoms with Crippen molar-refractivity contribution in [2.24, 2.45) is 7.05 Å². The monoisotopic (exact) mass is 387 g/mol. The van der Waals surface area contributed by atoms with Gasteiger partial charge in [-0.05, 0) is 29.0 Å². The van der Waals surface area contributed by atoms with Crippen LogP contribution < -0.4 is 10.3 Å². The molecule has 0 saturated heterocycles. The van der Waals surface area contributed by atoms with E-state index in [9.17, 15) is 4.79 Å². The SMILES string of the molecule is COc1ccc(Cc2nc3[nH]c4cc(-c5nnn(C)n5)ccc4c3c(=O)[nH]2)cc1. The molecule has 0 saturated carbocycles. The number of hydrogen-bond acceptors (Lipinski definition) is 6. The molecular weight excluding hydrogens is 370 g/mol. The van der Waals surface area contributed by atoms with E-state index < -0.39 is 0 Å². The molecule has 3 aromatic heterocycles. The van der Waals surface area contributed by atoms with Gasteiger partial charge in [-0.1, -0.05) is 24.3 Å². The van der Waals surface area contributed by atoms with Crippen molar-refractivity contribution in [1.82, 2.24) is 35.2 Å². The molecule has 0 amide bonds. The zero-order valence-corrected chi connectivity index (χ0v) is 15.8. The van der Waals surface area contributed by atoms with Gasteiger partial charge in [-0.3, -0.25) is 4.79 Å². The molecule has 5 rings (SSSR count). The predicted octanol–water partition coefficient (Wildman–Crippen LogP) is 2.19. The quantitative estimate of drug-likeness (QED) is 0.489. The molecule has 144 valence electrons. The maximum Gasteiger partial charge on any atom is 0.261 e. The van der Waals surface area contributed by atoms with E-state index in [1.165, 1.54) is 4.80 Å². The van der Waals surface area contributed by atoms with Gasteiger partial charge in [0.05, 0.1) is 19.5 Å². The number of aryl methyl sites for hydroxylation is 1. The fourth-order valence-electron chi connectivity index (χ4n) is 3.41. The van der Waals surface area contributed by atoms with Crippen LogP contribution >= 0.6 is 0 Å². The van der Waals surface area contributed by atoms with Crippen molar-refractivity contribution in [3.8, 4) is 17.1 Å². The standard InChI is InChI=1S/C20H17N7O2/c1-27-25-18(24-26-27)12-5-8-14-15(10-12)21-19-17(14)20(28)23-16(22-19)9-11-3-6-13(29-2)7-4-11/h3-8,10H,9H2,1-2H3,(H2,21,22,23,28). The Bertz CT molecular complexity index is 1400. The minimum Gasteiger partial charge on any atom is -0.497 e. The van der Waals surface area contributed by atoms with Crippen LogP contribution in [0.4, 0.5) is 0 Å². The Morgan fingerprint density at radius 3 is 2.66 bits per heavy atom. The second-order valence-corrected chi connectivity index (χ2v) is 6.75. The van der Waals surface area contributed by atoms with Gasteiger partial charge in [-0.2, -0.15) is 4.80 Å². The maximum atomic E-state index is 12.7. The number of aromatic amines is 2. The zero-order chi connectivity index (χ0) is 20.0. The number of nitrogens with zero attached hydrogens (tertiary/aromatic N) is 5. The molecule has 0 spiro atoms. The Labute approximate surface area is 164 Å². The summed E-state index contributed by atoms with van der Waals surface area (Å²) in [7, 11) is 3.34. The summed E-state index contributed by atoms with van der Waals surface area (Å²) in [6.07, 6.45) is 0.513. The number of methoxy groups -OCH3 is 1. The average Bonchev–Trinajstić information content (AvgIpc) is 3.31. The van der Waals surface area contributed by atoms with Crippen LogP contribution in [0.5, 0.6) is 5.75 Å². The van der Waals surface area contributed by atoms with Gasteiger partial charge in [0.25, 0.3) is 5.56 Å². The molecule has 29 heavy (non-hydrogen) atoms. The minimum atomic E-state index is -0.171. The number of aromatic nitrogens is 7. The number of rotatable bonds is 4. The molecule has 0 aliphatic rings. The summed E-state index contributed by atoms with van der Waals surface area (Å²) >= 11 is 0. The summed E-state index contributed by atoms with van der Waals surface area (Å²) in [6, 6.07) is 13.3. The molecule has 0 unspecified atom stereocenters. The molecule has 9 nitrogen and oxygen atoms in total. The van der Waals surface area contributed by atoms with E-state index >= 15 is 0 Å². The average molecular weight is 387 g/mol. The van der Waals surface area contributed by atoms with Gasteiger partial charge in [-0.25, -0.2) is 4.98 Å². The van der Waals surface area contributed by atoms with Gasteiger partial charge < -0.3 is 14.7 Å². The van der Waals surface area contributed by atoms with Gasteiger partial charge in [0, 0.05) is 22.9 Å². The Morgan fingerprint density at radius 2 is 1.93 bits per heavy atom. The van der Waals surface area contributed by atoms with Crippen molar-refractivity contribution in [2.75, 3.05) is 7.11 Å². The number of tetrazole rings is 1. The summed E-state index contributed by atoms with van der Waals surface area (Å²) in [6.45, 7) is 0. The van der Waals surface area contributed by atoms with Gasteiger partial charge in [-0.15, -0.1) is 10.2 Å². The first-order valence-corrected chi connectivity index (χ1v) is 9.02. The van der Waals surface area contributed by atoms with Crippen molar-refractivity contribution >= 4 is 21.9 Å². The van der Waals surface area contributed by atoms with Crippen molar-refractivity contribution in [3.63, 3.8) is 0 Å². The van der Waals surface area contributed by atoms with Crippen molar-refractivity contribution < 1.29 is 4.74 Å². The Morgan fingerprint density at radius 1 is 1.10 bits per heavy atom. The molecule has 0 aliphatic carbocycles. The molecule has 0 bridgehead atoms. The molecule has 9 heteroatoms. The number of fused-ring (bicyclic) bond motifs is 3. The second-order valence-electron chi connectivity index (χ2n) is 6.75. The number of benzene rings is 2. The highest BCUT2D eigenvalue weighted by Gasteiger charge is 2.13. The highest BCUT2D eigenvalue weighted by atomic mass is 16.5. The van der Waals surface area contributed by atoms with E-state index in [1.807, 2.05) is 42.5 Å². The third-order valence-corrected chi connectivity index (χ3v) is 4.81. The van der Waals surface area contributed by atoms with Crippen LogP contribution in [0.25, 0.3) is 33.3 Å². The van der Waals surface area contributed by atoms with E-state index in [-0.39, 0.29) is 5.56 Å². The van der Waals surface area contributed by atoms with Crippen LogP contribution in [0.2, 0.25) is 0 Å².